The first-order chi connectivity index (χ1) is 10.8. The van der Waals surface area contributed by atoms with E-state index in [0.717, 1.165) is 27.0 Å². The standard InChI is InChI=1S/C16H12N4S2/c17-15-18-12(14-7-4-8-21-14)9-20(15)16-19-13(10-22-16)11-5-2-1-3-6-11/h1-10H,(H2,17,18). The molecule has 22 heavy (non-hydrogen) atoms. The average molecular weight is 324 g/mol. The molecule has 0 aliphatic heterocycles. The van der Waals surface area contributed by atoms with Gasteiger partial charge in [0.25, 0.3) is 0 Å². The van der Waals surface area contributed by atoms with Crippen molar-refractivity contribution >= 4 is 28.6 Å². The molecule has 6 heteroatoms. The van der Waals surface area contributed by atoms with E-state index in [1.54, 1.807) is 22.7 Å². The van der Waals surface area contributed by atoms with Crippen LogP contribution in [0.25, 0.3) is 27.0 Å². The molecular weight excluding hydrogens is 312 g/mol. The third-order valence-electron chi connectivity index (χ3n) is 3.27. The Kier molecular flexibility index (Phi) is 3.25. The van der Waals surface area contributed by atoms with Crippen LogP contribution in [0.5, 0.6) is 0 Å². The number of hydrogen-bond acceptors (Lipinski definition) is 5. The van der Waals surface area contributed by atoms with Gasteiger partial charge in [-0.15, -0.1) is 22.7 Å². The molecule has 0 saturated carbocycles. The van der Waals surface area contributed by atoms with Crippen molar-refractivity contribution in [1.29, 1.82) is 0 Å². The van der Waals surface area contributed by atoms with E-state index in [-0.39, 0.29) is 0 Å². The van der Waals surface area contributed by atoms with Gasteiger partial charge < -0.3 is 5.73 Å². The van der Waals surface area contributed by atoms with E-state index < -0.39 is 0 Å². The fraction of sp³-hybridized carbons (Fsp3) is 0. The summed E-state index contributed by atoms with van der Waals surface area (Å²) in [7, 11) is 0. The van der Waals surface area contributed by atoms with Crippen molar-refractivity contribution in [2.75, 3.05) is 5.73 Å². The third-order valence-corrected chi connectivity index (χ3v) is 5.01. The van der Waals surface area contributed by atoms with Gasteiger partial charge in [0.2, 0.25) is 5.95 Å². The predicted octanol–water partition coefficient (Wildman–Crippen LogP) is 4.31. The van der Waals surface area contributed by atoms with E-state index in [0.29, 0.717) is 5.95 Å². The first-order valence-corrected chi connectivity index (χ1v) is 8.47. The van der Waals surface area contributed by atoms with Crippen molar-refractivity contribution in [2.45, 2.75) is 0 Å². The summed E-state index contributed by atoms with van der Waals surface area (Å²) in [6, 6.07) is 14.2. The maximum Gasteiger partial charge on any atom is 0.207 e. The van der Waals surface area contributed by atoms with Crippen molar-refractivity contribution in [2.24, 2.45) is 0 Å². The molecule has 4 nitrogen and oxygen atoms in total. The van der Waals surface area contributed by atoms with Crippen molar-refractivity contribution in [3.8, 4) is 27.0 Å². The number of nitrogens with two attached hydrogens (primary N) is 1. The van der Waals surface area contributed by atoms with Crippen LogP contribution in [-0.2, 0) is 0 Å². The second-order valence-electron chi connectivity index (χ2n) is 4.71. The SMILES string of the molecule is Nc1nc(-c2cccs2)cn1-c1nc(-c2ccccc2)cs1. The minimum Gasteiger partial charge on any atom is -0.369 e. The quantitative estimate of drug-likeness (QED) is 0.611. The maximum atomic E-state index is 6.05. The van der Waals surface area contributed by atoms with Gasteiger partial charge in [0.1, 0.15) is 5.69 Å². The number of rotatable bonds is 3. The number of anilines is 1. The Morgan fingerprint density at radius 1 is 0.909 bits per heavy atom. The molecule has 0 radical (unpaired) electrons. The lowest BCUT2D eigenvalue weighted by Gasteiger charge is -1.98. The second kappa shape index (κ2) is 5.40. The zero-order chi connectivity index (χ0) is 14.9. The number of hydrogen-bond donors (Lipinski definition) is 1. The van der Waals surface area contributed by atoms with Gasteiger partial charge in [-0.1, -0.05) is 36.4 Å². The number of benzene rings is 1. The number of thiophene rings is 1. The van der Waals surface area contributed by atoms with Gasteiger partial charge in [-0.2, -0.15) is 0 Å². The smallest absolute Gasteiger partial charge is 0.207 e. The largest absolute Gasteiger partial charge is 0.369 e. The van der Waals surface area contributed by atoms with Gasteiger partial charge >= 0.3 is 0 Å². The first-order valence-electron chi connectivity index (χ1n) is 6.71. The molecule has 4 rings (SSSR count). The van der Waals surface area contributed by atoms with Crippen LogP contribution in [0.4, 0.5) is 5.95 Å². The lowest BCUT2D eigenvalue weighted by molar-refractivity contribution is 1.05. The molecule has 0 bridgehead atoms. The molecular formula is C16H12N4S2. The van der Waals surface area contributed by atoms with E-state index >= 15 is 0 Å². The molecule has 1 aromatic carbocycles. The summed E-state index contributed by atoms with van der Waals surface area (Å²) in [6.45, 7) is 0. The zero-order valence-electron chi connectivity index (χ0n) is 11.5. The Balaban J connectivity index is 1.73. The summed E-state index contributed by atoms with van der Waals surface area (Å²) in [5.41, 5.74) is 8.98. The van der Waals surface area contributed by atoms with E-state index in [1.807, 2.05) is 64.0 Å². The molecule has 0 aliphatic rings. The average Bonchev–Trinajstić information content (AvgIpc) is 3.28. The molecule has 0 unspecified atom stereocenters. The Morgan fingerprint density at radius 2 is 1.77 bits per heavy atom. The Labute approximate surface area is 135 Å². The fourth-order valence-corrected chi connectivity index (χ4v) is 3.70. The van der Waals surface area contributed by atoms with Gasteiger partial charge in [0.05, 0.1) is 10.6 Å². The summed E-state index contributed by atoms with van der Waals surface area (Å²) in [4.78, 5) is 10.2. The summed E-state index contributed by atoms with van der Waals surface area (Å²) in [5.74, 6) is 0.456. The van der Waals surface area contributed by atoms with Gasteiger partial charge in [-0.3, -0.25) is 4.57 Å². The number of nitrogen functional groups attached to an aromatic ring is 1. The van der Waals surface area contributed by atoms with E-state index in [9.17, 15) is 0 Å². The van der Waals surface area contributed by atoms with Crippen LogP contribution in [0.3, 0.4) is 0 Å². The van der Waals surface area contributed by atoms with E-state index in [2.05, 4.69) is 9.97 Å². The Morgan fingerprint density at radius 3 is 2.55 bits per heavy atom. The highest BCUT2D eigenvalue weighted by Crippen LogP contribution is 2.29. The molecule has 4 aromatic rings. The van der Waals surface area contributed by atoms with Gasteiger partial charge in [0, 0.05) is 17.1 Å². The summed E-state index contributed by atoms with van der Waals surface area (Å²) >= 11 is 3.20. The van der Waals surface area contributed by atoms with Gasteiger partial charge in [-0.05, 0) is 11.4 Å². The molecule has 0 saturated heterocycles. The van der Waals surface area contributed by atoms with Gasteiger partial charge in [0.15, 0.2) is 5.13 Å². The Bertz CT molecular complexity index is 892. The summed E-state index contributed by atoms with van der Waals surface area (Å²) in [6.07, 6.45) is 1.94. The third kappa shape index (κ3) is 2.32. The van der Waals surface area contributed by atoms with Crippen LogP contribution in [0.2, 0.25) is 0 Å². The van der Waals surface area contributed by atoms with Crippen molar-refractivity contribution in [3.05, 3.63) is 59.4 Å². The topological polar surface area (TPSA) is 56.7 Å². The lowest BCUT2D eigenvalue weighted by Crippen LogP contribution is -1.98. The maximum absolute atomic E-state index is 6.05. The van der Waals surface area contributed by atoms with Crippen LogP contribution in [-0.4, -0.2) is 14.5 Å². The van der Waals surface area contributed by atoms with Crippen LogP contribution < -0.4 is 5.73 Å². The predicted molar refractivity (Wildman–Crippen MR) is 92.4 cm³/mol. The molecule has 0 spiro atoms. The number of nitrogens with zero attached hydrogens (tertiary/aromatic N) is 3. The van der Waals surface area contributed by atoms with E-state index in [1.165, 1.54) is 0 Å². The lowest BCUT2D eigenvalue weighted by atomic mass is 10.2. The van der Waals surface area contributed by atoms with Crippen LogP contribution in [0.15, 0.2) is 59.4 Å². The molecule has 0 fully saturated rings. The van der Waals surface area contributed by atoms with Crippen molar-refractivity contribution in [3.63, 3.8) is 0 Å². The molecule has 0 amide bonds. The van der Waals surface area contributed by atoms with Crippen LogP contribution >= 0.6 is 22.7 Å². The highest BCUT2D eigenvalue weighted by atomic mass is 32.1. The minimum atomic E-state index is 0.456. The number of imidazole rings is 1. The van der Waals surface area contributed by atoms with Gasteiger partial charge in [-0.25, -0.2) is 9.97 Å². The minimum absolute atomic E-state index is 0.456. The van der Waals surface area contributed by atoms with Crippen molar-refractivity contribution in [1.82, 2.24) is 14.5 Å². The van der Waals surface area contributed by atoms with Crippen molar-refractivity contribution < 1.29 is 0 Å². The van der Waals surface area contributed by atoms with E-state index in [4.69, 9.17) is 5.73 Å². The molecule has 3 heterocycles. The molecule has 0 aliphatic carbocycles. The van der Waals surface area contributed by atoms with Crippen LogP contribution in [0.1, 0.15) is 0 Å². The molecule has 2 N–H and O–H groups in total. The zero-order valence-corrected chi connectivity index (χ0v) is 13.1. The monoisotopic (exact) mass is 324 g/mol. The summed E-state index contributed by atoms with van der Waals surface area (Å²) in [5, 5.41) is 4.89. The summed E-state index contributed by atoms with van der Waals surface area (Å²) < 4.78 is 1.84. The highest BCUT2D eigenvalue weighted by Gasteiger charge is 2.12. The highest BCUT2D eigenvalue weighted by molar-refractivity contribution is 7.13. The fourth-order valence-electron chi connectivity index (χ4n) is 2.21. The normalized spacial score (nSPS) is 10.9. The first kappa shape index (κ1) is 13.2. The molecule has 3 aromatic heterocycles. The number of aromatic nitrogens is 3. The second-order valence-corrected chi connectivity index (χ2v) is 6.50. The number of thiazole rings is 1. The van der Waals surface area contributed by atoms with Crippen LogP contribution in [0, 0.1) is 0 Å². The Hall–Kier alpha value is -2.44. The molecule has 0 atom stereocenters. The molecule has 108 valence electrons.